The van der Waals surface area contributed by atoms with E-state index in [0.29, 0.717) is 23.6 Å². The minimum atomic E-state index is -3.79. The van der Waals surface area contributed by atoms with Crippen LogP contribution in [0.25, 0.3) is 10.9 Å². The number of fused-ring (bicyclic) bond motifs is 2. The molecule has 0 saturated carbocycles. The number of sulfonamides is 1. The van der Waals surface area contributed by atoms with Crippen molar-refractivity contribution in [3.05, 3.63) is 54.7 Å². The zero-order valence-corrected chi connectivity index (χ0v) is 16.7. The van der Waals surface area contributed by atoms with Crippen molar-refractivity contribution in [3.63, 3.8) is 0 Å². The third-order valence-corrected chi connectivity index (χ3v) is 7.25. The van der Waals surface area contributed by atoms with Crippen LogP contribution in [-0.2, 0) is 10.0 Å². The van der Waals surface area contributed by atoms with Gasteiger partial charge in [-0.05, 0) is 24.3 Å². The van der Waals surface area contributed by atoms with E-state index in [4.69, 9.17) is 4.74 Å². The predicted molar refractivity (Wildman–Crippen MR) is 113 cm³/mol. The van der Waals surface area contributed by atoms with Gasteiger partial charge in [-0.1, -0.05) is 24.3 Å². The van der Waals surface area contributed by atoms with Crippen molar-refractivity contribution < 1.29 is 13.2 Å². The standard InChI is InChI=1S/C21H22N4O3S/c26-29(27,19-8-1-4-16-5-3-9-23-20(16)19)25-14-15-28-21-17(6-2-7-18(21)25)24-12-10-22-11-13-24/h1-9,22H,10-15H2. The van der Waals surface area contributed by atoms with E-state index in [9.17, 15) is 8.42 Å². The number of hydrogen-bond donors (Lipinski definition) is 1. The fourth-order valence-corrected chi connectivity index (χ4v) is 5.64. The molecule has 1 aromatic heterocycles. The number of nitrogens with one attached hydrogen (secondary N) is 1. The molecule has 0 bridgehead atoms. The summed E-state index contributed by atoms with van der Waals surface area (Å²) in [6.45, 7) is 4.09. The molecule has 150 valence electrons. The Bertz CT molecular complexity index is 1150. The molecule has 8 heteroatoms. The Hall–Kier alpha value is -2.84. The molecule has 5 rings (SSSR count). The number of anilines is 2. The summed E-state index contributed by atoms with van der Waals surface area (Å²) in [5.41, 5.74) is 2.02. The highest BCUT2D eigenvalue weighted by molar-refractivity contribution is 7.93. The molecule has 0 aliphatic carbocycles. The van der Waals surface area contributed by atoms with E-state index < -0.39 is 10.0 Å². The molecule has 2 aliphatic rings. The zero-order chi connectivity index (χ0) is 19.8. The lowest BCUT2D eigenvalue weighted by molar-refractivity contribution is 0.315. The lowest BCUT2D eigenvalue weighted by Crippen LogP contribution is -2.44. The summed E-state index contributed by atoms with van der Waals surface area (Å²) >= 11 is 0. The molecule has 2 aliphatic heterocycles. The second-order valence-corrected chi connectivity index (χ2v) is 8.95. The van der Waals surface area contributed by atoms with Crippen molar-refractivity contribution in [2.24, 2.45) is 0 Å². The van der Waals surface area contributed by atoms with Gasteiger partial charge in [0.15, 0.2) is 5.75 Å². The van der Waals surface area contributed by atoms with E-state index in [1.807, 2.05) is 36.4 Å². The third-order valence-electron chi connectivity index (χ3n) is 5.40. The fourth-order valence-electron chi connectivity index (χ4n) is 4.02. The number of pyridine rings is 1. The Morgan fingerprint density at radius 1 is 0.931 bits per heavy atom. The molecule has 1 saturated heterocycles. The summed E-state index contributed by atoms with van der Waals surface area (Å²) < 4.78 is 34.7. The van der Waals surface area contributed by atoms with Gasteiger partial charge in [-0.15, -0.1) is 0 Å². The van der Waals surface area contributed by atoms with Gasteiger partial charge in [-0.3, -0.25) is 9.29 Å². The molecule has 29 heavy (non-hydrogen) atoms. The number of hydrogen-bond acceptors (Lipinski definition) is 6. The summed E-state index contributed by atoms with van der Waals surface area (Å²) in [6, 6.07) is 14.6. The van der Waals surface area contributed by atoms with Gasteiger partial charge in [0, 0.05) is 37.8 Å². The Morgan fingerprint density at radius 3 is 2.55 bits per heavy atom. The lowest BCUT2D eigenvalue weighted by Gasteiger charge is -2.36. The molecule has 0 amide bonds. The van der Waals surface area contributed by atoms with Crippen LogP contribution in [0.2, 0.25) is 0 Å². The molecule has 1 fully saturated rings. The van der Waals surface area contributed by atoms with Gasteiger partial charge in [0.25, 0.3) is 10.0 Å². The van der Waals surface area contributed by atoms with Crippen LogP contribution in [0.1, 0.15) is 0 Å². The maximum atomic E-state index is 13.7. The van der Waals surface area contributed by atoms with Crippen LogP contribution in [0.5, 0.6) is 5.75 Å². The van der Waals surface area contributed by atoms with Crippen molar-refractivity contribution in [2.45, 2.75) is 4.90 Å². The maximum absolute atomic E-state index is 13.7. The van der Waals surface area contributed by atoms with Gasteiger partial charge in [0.05, 0.1) is 23.4 Å². The first-order chi connectivity index (χ1) is 14.2. The van der Waals surface area contributed by atoms with Crippen molar-refractivity contribution in [2.75, 3.05) is 48.5 Å². The lowest BCUT2D eigenvalue weighted by atomic mass is 10.2. The summed E-state index contributed by atoms with van der Waals surface area (Å²) in [6.07, 6.45) is 1.62. The van der Waals surface area contributed by atoms with E-state index in [1.54, 1.807) is 18.3 Å². The van der Waals surface area contributed by atoms with Crippen LogP contribution in [0.15, 0.2) is 59.6 Å². The minimum absolute atomic E-state index is 0.219. The number of benzene rings is 2. The quantitative estimate of drug-likeness (QED) is 0.714. The normalized spacial score (nSPS) is 17.1. The van der Waals surface area contributed by atoms with Gasteiger partial charge in [0.1, 0.15) is 11.5 Å². The van der Waals surface area contributed by atoms with E-state index in [-0.39, 0.29) is 11.4 Å². The highest BCUT2D eigenvalue weighted by Crippen LogP contribution is 2.42. The smallest absolute Gasteiger partial charge is 0.266 e. The van der Waals surface area contributed by atoms with Gasteiger partial charge in [-0.2, -0.15) is 0 Å². The minimum Gasteiger partial charge on any atom is -0.487 e. The summed E-state index contributed by atoms with van der Waals surface area (Å²) in [4.78, 5) is 6.80. The van der Waals surface area contributed by atoms with Crippen LogP contribution in [0, 0.1) is 0 Å². The first-order valence-electron chi connectivity index (χ1n) is 9.74. The molecule has 0 atom stereocenters. The van der Waals surface area contributed by atoms with E-state index in [0.717, 1.165) is 37.3 Å². The molecule has 0 radical (unpaired) electrons. The van der Waals surface area contributed by atoms with Crippen molar-refractivity contribution in [1.29, 1.82) is 0 Å². The molecule has 7 nitrogen and oxygen atoms in total. The number of rotatable bonds is 3. The highest BCUT2D eigenvalue weighted by atomic mass is 32.2. The molecule has 2 aromatic carbocycles. The summed E-state index contributed by atoms with van der Waals surface area (Å²) in [5, 5.41) is 4.14. The van der Waals surface area contributed by atoms with E-state index in [2.05, 4.69) is 15.2 Å². The molecule has 0 spiro atoms. The van der Waals surface area contributed by atoms with Gasteiger partial charge in [0.2, 0.25) is 0 Å². The Labute approximate surface area is 170 Å². The Morgan fingerprint density at radius 2 is 1.69 bits per heavy atom. The number of piperazine rings is 1. The van der Waals surface area contributed by atoms with Crippen molar-refractivity contribution in [1.82, 2.24) is 10.3 Å². The number of nitrogens with zero attached hydrogens (tertiary/aromatic N) is 3. The first-order valence-corrected chi connectivity index (χ1v) is 11.2. The Balaban J connectivity index is 1.61. The molecule has 1 N–H and O–H groups in total. The van der Waals surface area contributed by atoms with Crippen LogP contribution in [0.3, 0.4) is 0 Å². The van der Waals surface area contributed by atoms with Gasteiger partial charge in [-0.25, -0.2) is 8.42 Å². The Kier molecular flexibility index (Phi) is 4.52. The average Bonchev–Trinajstić information content (AvgIpc) is 2.78. The van der Waals surface area contributed by atoms with Crippen molar-refractivity contribution >= 4 is 32.3 Å². The van der Waals surface area contributed by atoms with Gasteiger partial charge >= 0.3 is 0 Å². The van der Waals surface area contributed by atoms with Crippen LogP contribution >= 0.6 is 0 Å². The summed E-state index contributed by atoms with van der Waals surface area (Å²) in [5.74, 6) is 0.637. The van der Waals surface area contributed by atoms with Crippen molar-refractivity contribution in [3.8, 4) is 5.75 Å². The van der Waals surface area contributed by atoms with Crippen LogP contribution < -0.4 is 19.3 Å². The molecular weight excluding hydrogens is 388 g/mol. The zero-order valence-electron chi connectivity index (χ0n) is 15.9. The SMILES string of the molecule is O=S(=O)(c1cccc2cccnc12)N1CCOc2c(N3CCNCC3)cccc21. The van der Waals surface area contributed by atoms with E-state index >= 15 is 0 Å². The molecule has 3 aromatic rings. The second kappa shape index (κ2) is 7.20. The number of aromatic nitrogens is 1. The molecule has 3 heterocycles. The van der Waals surface area contributed by atoms with Gasteiger partial charge < -0.3 is 15.0 Å². The monoisotopic (exact) mass is 410 g/mol. The van der Waals surface area contributed by atoms with Crippen LogP contribution in [0.4, 0.5) is 11.4 Å². The van der Waals surface area contributed by atoms with E-state index in [1.165, 1.54) is 4.31 Å². The predicted octanol–water partition coefficient (Wildman–Crippen LogP) is 2.23. The third kappa shape index (κ3) is 3.08. The van der Waals surface area contributed by atoms with Crippen LogP contribution in [-0.4, -0.2) is 52.7 Å². The maximum Gasteiger partial charge on any atom is 0.266 e. The molecular formula is C21H22N4O3S. The first kappa shape index (κ1) is 18.2. The number of para-hydroxylation sites is 2. The largest absolute Gasteiger partial charge is 0.487 e. The summed E-state index contributed by atoms with van der Waals surface area (Å²) in [7, 11) is -3.79. The second-order valence-electron chi connectivity index (χ2n) is 7.12. The fraction of sp³-hybridized carbons (Fsp3) is 0.286. The number of ether oxygens (including phenoxy) is 1. The molecule has 0 unspecified atom stereocenters. The topological polar surface area (TPSA) is 74.8 Å². The average molecular weight is 410 g/mol. The highest BCUT2D eigenvalue weighted by Gasteiger charge is 2.33.